The second-order valence-electron chi connectivity index (χ2n) is 11.3. The van der Waals surface area contributed by atoms with Crippen LogP contribution in [-0.4, -0.2) is 43.8 Å². The molecule has 0 fully saturated rings. The number of anilines is 1. The van der Waals surface area contributed by atoms with Gasteiger partial charge in [0.1, 0.15) is 18.4 Å². The highest BCUT2D eigenvalue weighted by Crippen LogP contribution is 2.26. The number of halogens is 1. The molecule has 1 N–H and O–H groups in total. The lowest BCUT2D eigenvalue weighted by Crippen LogP contribution is -2.54. The highest BCUT2D eigenvalue weighted by molar-refractivity contribution is 7.92. The Kier molecular flexibility index (Phi) is 11.1. The van der Waals surface area contributed by atoms with Gasteiger partial charge in [-0.25, -0.2) is 12.8 Å². The van der Waals surface area contributed by atoms with E-state index in [4.69, 9.17) is 0 Å². The van der Waals surface area contributed by atoms with Crippen molar-refractivity contribution in [3.05, 3.63) is 131 Å². The summed E-state index contributed by atoms with van der Waals surface area (Å²) in [4.78, 5) is 29.6. The molecule has 0 bridgehead atoms. The number of rotatable bonds is 13. The fourth-order valence-corrected chi connectivity index (χ4v) is 6.30. The molecule has 0 aromatic heterocycles. The first-order valence-corrected chi connectivity index (χ1v) is 16.5. The van der Waals surface area contributed by atoms with Crippen LogP contribution in [0.3, 0.4) is 0 Å². The summed E-state index contributed by atoms with van der Waals surface area (Å²) < 4.78 is 44.3. The zero-order valence-corrected chi connectivity index (χ0v) is 26.9. The number of sulfonamides is 1. The Morgan fingerprint density at radius 2 is 1.40 bits per heavy atom. The third-order valence-electron chi connectivity index (χ3n) is 7.78. The summed E-state index contributed by atoms with van der Waals surface area (Å²) in [6, 6.07) is 27.3. The Balaban J connectivity index is 1.81. The van der Waals surface area contributed by atoms with Gasteiger partial charge in [-0.15, -0.1) is 0 Å². The van der Waals surface area contributed by atoms with Crippen LogP contribution in [0.15, 0.2) is 108 Å². The largest absolute Gasteiger partial charge is 0.352 e. The molecular formula is C36H40FN3O4S. The minimum atomic E-state index is -4.21. The molecular weight excluding hydrogens is 589 g/mol. The molecule has 0 aliphatic rings. The van der Waals surface area contributed by atoms with Gasteiger partial charge in [-0.05, 0) is 63.1 Å². The molecule has 0 spiro atoms. The van der Waals surface area contributed by atoms with Crippen molar-refractivity contribution in [1.29, 1.82) is 0 Å². The number of nitrogens with one attached hydrogen (secondary N) is 1. The fraction of sp³-hybridized carbons (Fsp3) is 0.278. The minimum Gasteiger partial charge on any atom is -0.352 e. The Bertz CT molecular complexity index is 1690. The average Bonchev–Trinajstić information content (AvgIpc) is 3.03. The number of amides is 2. The molecule has 0 aliphatic carbocycles. The first-order chi connectivity index (χ1) is 21.5. The summed E-state index contributed by atoms with van der Waals surface area (Å²) in [7, 11) is -4.21. The van der Waals surface area contributed by atoms with Gasteiger partial charge in [0.15, 0.2) is 0 Å². The predicted molar refractivity (Wildman–Crippen MR) is 176 cm³/mol. The molecule has 7 nitrogen and oxygen atoms in total. The van der Waals surface area contributed by atoms with Crippen molar-refractivity contribution in [3.8, 4) is 0 Å². The van der Waals surface area contributed by atoms with E-state index in [0.717, 1.165) is 21.0 Å². The lowest BCUT2D eigenvalue weighted by atomic mass is 10.0. The maximum Gasteiger partial charge on any atom is 0.264 e. The molecule has 45 heavy (non-hydrogen) atoms. The SMILES string of the molecule is CC[C@@H](C)NC(=O)[C@H](Cc1ccccc1)N(Cc1ccccc1F)C(=O)CN(c1ccc(C)cc1)S(=O)(=O)c1ccc(C)cc1. The van der Waals surface area contributed by atoms with Gasteiger partial charge in [0, 0.05) is 24.6 Å². The van der Waals surface area contributed by atoms with Gasteiger partial charge in [0.2, 0.25) is 11.8 Å². The monoisotopic (exact) mass is 629 g/mol. The van der Waals surface area contributed by atoms with Gasteiger partial charge in [-0.1, -0.05) is 90.8 Å². The van der Waals surface area contributed by atoms with E-state index < -0.39 is 40.2 Å². The number of hydrogen-bond acceptors (Lipinski definition) is 4. The maximum atomic E-state index is 15.0. The topological polar surface area (TPSA) is 86.8 Å². The molecule has 0 radical (unpaired) electrons. The summed E-state index contributed by atoms with van der Waals surface area (Å²) in [6.45, 7) is 6.71. The molecule has 0 unspecified atom stereocenters. The summed E-state index contributed by atoms with van der Waals surface area (Å²) in [5.41, 5.74) is 3.12. The number of benzene rings is 4. The van der Waals surface area contributed by atoms with Crippen LogP contribution in [0, 0.1) is 19.7 Å². The highest BCUT2D eigenvalue weighted by atomic mass is 32.2. The van der Waals surface area contributed by atoms with Gasteiger partial charge >= 0.3 is 0 Å². The average molecular weight is 630 g/mol. The zero-order chi connectivity index (χ0) is 32.6. The number of hydrogen-bond donors (Lipinski definition) is 1. The van der Waals surface area contributed by atoms with Gasteiger partial charge < -0.3 is 10.2 Å². The quantitative estimate of drug-likeness (QED) is 0.191. The minimum absolute atomic E-state index is 0.0254. The number of carbonyl (C=O) groups excluding carboxylic acids is 2. The van der Waals surface area contributed by atoms with E-state index in [2.05, 4.69) is 5.32 Å². The number of aryl methyl sites for hydroxylation is 2. The highest BCUT2D eigenvalue weighted by Gasteiger charge is 2.35. The second-order valence-corrected chi connectivity index (χ2v) is 13.2. The van der Waals surface area contributed by atoms with Gasteiger partial charge in [-0.3, -0.25) is 13.9 Å². The van der Waals surface area contributed by atoms with Crippen molar-refractivity contribution in [1.82, 2.24) is 10.2 Å². The van der Waals surface area contributed by atoms with Crippen molar-refractivity contribution < 1.29 is 22.4 Å². The molecule has 0 saturated carbocycles. The summed E-state index contributed by atoms with van der Waals surface area (Å²) in [6.07, 6.45) is 0.819. The normalized spacial score (nSPS) is 12.6. The van der Waals surface area contributed by atoms with Crippen molar-refractivity contribution in [2.24, 2.45) is 0 Å². The Labute approximate surface area is 265 Å². The van der Waals surface area contributed by atoms with E-state index in [1.165, 1.54) is 23.1 Å². The van der Waals surface area contributed by atoms with Crippen LogP contribution in [-0.2, 0) is 32.6 Å². The smallest absolute Gasteiger partial charge is 0.264 e. The summed E-state index contributed by atoms with van der Waals surface area (Å²) in [5, 5.41) is 2.98. The molecule has 0 aliphatic heterocycles. The van der Waals surface area contributed by atoms with Crippen molar-refractivity contribution >= 4 is 27.5 Å². The van der Waals surface area contributed by atoms with E-state index in [1.54, 1.807) is 54.6 Å². The standard InChI is InChI=1S/C36H40FN3O4S/c1-5-28(4)38-36(42)34(23-29-11-7-6-8-12-29)39(24-30-13-9-10-14-33(30)37)35(41)25-40(31-19-15-26(2)16-20-31)45(43,44)32-21-17-27(3)18-22-32/h6-22,28,34H,5,23-25H2,1-4H3,(H,38,42)/t28-,34+/m1/s1. The van der Waals surface area contributed by atoms with Crippen LogP contribution in [0.25, 0.3) is 0 Å². The lowest BCUT2D eigenvalue weighted by molar-refractivity contribution is -0.140. The molecule has 0 saturated heterocycles. The molecule has 4 rings (SSSR count). The van der Waals surface area contributed by atoms with Crippen LogP contribution < -0.4 is 9.62 Å². The molecule has 9 heteroatoms. The van der Waals surface area contributed by atoms with Crippen molar-refractivity contribution in [2.75, 3.05) is 10.8 Å². The van der Waals surface area contributed by atoms with E-state index in [1.807, 2.05) is 58.0 Å². The second kappa shape index (κ2) is 15.0. The number of nitrogens with zero attached hydrogens (tertiary/aromatic N) is 2. The van der Waals surface area contributed by atoms with Crippen molar-refractivity contribution in [3.63, 3.8) is 0 Å². The van der Waals surface area contributed by atoms with Crippen LogP contribution >= 0.6 is 0 Å². The first kappa shape index (κ1) is 33.4. The van der Waals surface area contributed by atoms with Crippen LogP contribution in [0.5, 0.6) is 0 Å². The Morgan fingerprint density at radius 1 is 0.822 bits per heavy atom. The molecule has 2 atom stereocenters. The molecule has 2 amide bonds. The summed E-state index contributed by atoms with van der Waals surface area (Å²) >= 11 is 0. The molecule has 236 valence electrons. The van der Waals surface area contributed by atoms with Crippen molar-refractivity contribution in [2.45, 2.75) is 64.1 Å². The van der Waals surface area contributed by atoms with Gasteiger partial charge in [0.05, 0.1) is 10.6 Å². The lowest BCUT2D eigenvalue weighted by Gasteiger charge is -2.34. The predicted octanol–water partition coefficient (Wildman–Crippen LogP) is 6.19. The zero-order valence-electron chi connectivity index (χ0n) is 26.1. The van der Waals surface area contributed by atoms with E-state index in [0.29, 0.717) is 12.1 Å². The van der Waals surface area contributed by atoms with Crippen LogP contribution in [0.2, 0.25) is 0 Å². The van der Waals surface area contributed by atoms with Gasteiger partial charge in [0.25, 0.3) is 10.0 Å². The first-order valence-electron chi connectivity index (χ1n) is 15.0. The summed E-state index contributed by atoms with van der Waals surface area (Å²) in [5.74, 6) is -1.57. The van der Waals surface area contributed by atoms with E-state index in [-0.39, 0.29) is 29.5 Å². The van der Waals surface area contributed by atoms with E-state index >= 15 is 4.39 Å². The Morgan fingerprint density at radius 3 is 2.00 bits per heavy atom. The molecule has 4 aromatic rings. The fourth-order valence-electron chi connectivity index (χ4n) is 4.88. The third kappa shape index (κ3) is 8.57. The number of carbonyl (C=O) groups is 2. The van der Waals surface area contributed by atoms with E-state index in [9.17, 15) is 18.0 Å². The van der Waals surface area contributed by atoms with Gasteiger partial charge in [-0.2, -0.15) is 0 Å². The van der Waals surface area contributed by atoms with Crippen LogP contribution in [0.4, 0.5) is 10.1 Å². The molecule has 0 heterocycles. The van der Waals surface area contributed by atoms with Crippen LogP contribution in [0.1, 0.15) is 42.5 Å². The maximum absolute atomic E-state index is 15.0. The molecule has 4 aromatic carbocycles. The third-order valence-corrected chi connectivity index (χ3v) is 9.57. The Hall–Kier alpha value is -4.50.